The first-order valence-electron chi connectivity index (χ1n) is 6.69. The number of aryl methyl sites for hydroxylation is 1. The molecule has 0 radical (unpaired) electrons. The van der Waals surface area contributed by atoms with E-state index in [9.17, 15) is 0 Å². The molecular weight excluding hydrogens is 246 g/mol. The minimum atomic E-state index is 0.0972. The summed E-state index contributed by atoms with van der Waals surface area (Å²) in [6, 6.07) is 15.8. The first-order valence-corrected chi connectivity index (χ1v) is 6.69. The molecule has 0 aliphatic heterocycles. The van der Waals surface area contributed by atoms with Gasteiger partial charge in [0.25, 0.3) is 0 Å². The number of hydrogen-bond donors (Lipinski definition) is 0. The van der Waals surface area contributed by atoms with Gasteiger partial charge in [-0.1, -0.05) is 32.9 Å². The van der Waals surface area contributed by atoms with E-state index in [1.54, 1.807) is 6.07 Å². The van der Waals surface area contributed by atoms with Crippen molar-refractivity contribution in [2.75, 3.05) is 0 Å². The molecule has 0 bridgehead atoms. The fourth-order valence-corrected chi connectivity index (χ4v) is 1.99. The van der Waals surface area contributed by atoms with Crippen LogP contribution >= 0.6 is 0 Å². The second-order valence-electron chi connectivity index (χ2n) is 5.97. The van der Waals surface area contributed by atoms with E-state index in [0.717, 1.165) is 17.1 Å². The number of ether oxygens (including phenoxy) is 1. The van der Waals surface area contributed by atoms with Crippen molar-refractivity contribution < 1.29 is 4.74 Å². The van der Waals surface area contributed by atoms with Crippen LogP contribution in [0.4, 0.5) is 0 Å². The Labute approximate surface area is 120 Å². The Morgan fingerprint density at radius 2 is 1.70 bits per heavy atom. The predicted molar refractivity (Wildman–Crippen MR) is 81.1 cm³/mol. The SMILES string of the molecule is Cc1cc(Oc2cccc(C(C)(C)C)c2)ccc1C#N. The van der Waals surface area contributed by atoms with Crippen molar-refractivity contribution >= 4 is 0 Å². The molecule has 0 heterocycles. The molecule has 2 rings (SSSR count). The van der Waals surface area contributed by atoms with Gasteiger partial charge >= 0.3 is 0 Å². The molecular formula is C18H19NO. The van der Waals surface area contributed by atoms with E-state index in [2.05, 4.69) is 39.0 Å². The summed E-state index contributed by atoms with van der Waals surface area (Å²) in [5.41, 5.74) is 2.94. The summed E-state index contributed by atoms with van der Waals surface area (Å²) >= 11 is 0. The van der Waals surface area contributed by atoms with E-state index >= 15 is 0 Å². The summed E-state index contributed by atoms with van der Waals surface area (Å²) in [7, 11) is 0. The molecule has 0 saturated heterocycles. The topological polar surface area (TPSA) is 33.0 Å². The zero-order valence-corrected chi connectivity index (χ0v) is 12.4. The molecule has 102 valence electrons. The van der Waals surface area contributed by atoms with Crippen LogP contribution in [0.15, 0.2) is 42.5 Å². The van der Waals surface area contributed by atoms with Crippen molar-refractivity contribution in [3.63, 3.8) is 0 Å². The molecule has 0 spiro atoms. The minimum Gasteiger partial charge on any atom is -0.457 e. The van der Waals surface area contributed by atoms with E-state index in [1.165, 1.54) is 5.56 Å². The number of nitriles is 1. The van der Waals surface area contributed by atoms with E-state index in [0.29, 0.717) is 5.56 Å². The summed E-state index contributed by atoms with van der Waals surface area (Å²) in [6.45, 7) is 8.45. The van der Waals surface area contributed by atoms with Crippen LogP contribution in [-0.4, -0.2) is 0 Å². The lowest BCUT2D eigenvalue weighted by molar-refractivity contribution is 0.478. The fraction of sp³-hybridized carbons (Fsp3) is 0.278. The Kier molecular flexibility index (Phi) is 3.81. The lowest BCUT2D eigenvalue weighted by Gasteiger charge is -2.19. The maximum Gasteiger partial charge on any atom is 0.127 e. The molecule has 0 fully saturated rings. The van der Waals surface area contributed by atoms with Crippen LogP contribution < -0.4 is 4.74 Å². The van der Waals surface area contributed by atoms with Crippen molar-refractivity contribution in [1.82, 2.24) is 0 Å². The molecule has 2 aromatic carbocycles. The molecule has 0 unspecified atom stereocenters. The summed E-state index contributed by atoms with van der Waals surface area (Å²) in [4.78, 5) is 0. The molecule has 0 N–H and O–H groups in total. The third-order valence-corrected chi connectivity index (χ3v) is 3.25. The third-order valence-electron chi connectivity index (χ3n) is 3.25. The molecule has 0 aliphatic carbocycles. The predicted octanol–water partition coefficient (Wildman–Crippen LogP) is 4.96. The number of rotatable bonds is 2. The van der Waals surface area contributed by atoms with Crippen LogP contribution in [-0.2, 0) is 5.41 Å². The first-order chi connectivity index (χ1) is 9.40. The number of benzene rings is 2. The first kappa shape index (κ1) is 14.1. The Morgan fingerprint density at radius 3 is 2.30 bits per heavy atom. The lowest BCUT2D eigenvalue weighted by Crippen LogP contribution is -2.10. The molecule has 0 aromatic heterocycles. The van der Waals surface area contributed by atoms with Crippen LogP contribution in [0.2, 0.25) is 0 Å². The van der Waals surface area contributed by atoms with Gasteiger partial charge in [0.2, 0.25) is 0 Å². The lowest BCUT2D eigenvalue weighted by atomic mass is 9.87. The summed E-state index contributed by atoms with van der Waals surface area (Å²) < 4.78 is 5.89. The van der Waals surface area contributed by atoms with Gasteiger partial charge in [-0.2, -0.15) is 5.26 Å². The largest absolute Gasteiger partial charge is 0.457 e. The normalized spacial score (nSPS) is 10.9. The smallest absolute Gasteiger partial charge is 0.127 e. The van der Waals surface area contributed by atoms with Gasteiger partial charge in [-0.05, 0) is 53.8 Å². The highest BCUT2D eigenvalue weighted by molar-refractivity contribution is 5.44. The monoisotopic (exact) mass is 265 g/mol. The molecule has 0 aliphatic rings. The molecule has 0 atom stereocenters. The zero-order chi connectivity index (χ0) is 14.8. The fourth-order valence-electron chi connectivity index (χ4n) is 1.99. The van der Waals surface area contributed by atoms with E-state index < -0.39 is 0 Å². The van der Waals surface area contributed by atoms with Gasteiger partial charge < -0.3 is 4.74 Å². The van der Waals surface area contributed by atoms with Crippen molar-refractivity contribution in [3.05, 3.63) is 59.2 Å². The van der Waals surface area contributed by atoms with E-state index in [4.69, 9.17) is 10.00 Å². The van der Waals surface area contributed by atoms with Crippen LogP contribution in [0.5, 0.6) is 11.5 Å². The molecule has 2 nitrogen and oxygen atoms in total. The standard InChI is InChI=1S/C18H19NO/c1-13-10-17(9-8-14(13)12-19)20-16-7-5-6-15(11-16)18(2,3)4/h5-11H,1-4H3. The van der Waals surface area contributed by atoms with Gasteiger partial charge in [0.1, 0.15) is 11.5 Å². The molecule has 20 heavy (non-hydrogen) atoms. The highest BCUT2D eigenvalue weighted by atomic mass is 16.5. The molecule has 0 saturated carbocycles. The Hall–Kier alpha value is -2.27. The van der Waals surface area contributed by atoms with Gasteiger partial charge in [-0.15, -0.1) is 0 Å². The van der Waals surface area contributed by atoms with Crippen LogP contribution in [0, 0.1) is 18.3 Å². The van der Waals surface area contributed by atoms with Crippen molar-refractivity contribution in [2.45, 2.75) is 33.1 Å². The maximum atomic E-state index is 8.93. The summed E-state index contributed by atoms with van der Waals surface area (Å²) in [5, 5.41) is 8.93. The second-order valence-corrected chi connectivity index (χ2v) is 5.97. The second kappa shape index (κ2) is 5.38. The van der Waals surface area contributed by atoms with Crippen LogP contribution in [0.1, 0.15) is 37.5 Å². The van der Waals surface area contributed by atoms with Crippen molar-refractivity contribution in [3.8, 4) is 17.6 Å². The number of nitrogens with zero attached hydrogens (tertiary/aromatic N) is 1. The molecule has 2 heteroatoms. The third kappa shape index (κ3) is 3.19. The van der Waals surface area contributed by atoms with Crippen LogP contribution in [0.25, 0.3) is 0 Å². The maximum absolute atomic E-state index is 8.93. The summed E-state index contributed by atoms with van der Waals surface area (Å²) in [5.74, 6) is 1.58. The van der Waals surface area contributed by atoms with Crippen LogP contribution in [0.3, 0.4) is 0 Å². The zero-order valence-electron chi connectivity index (χ0n) is 12.4. The Bertz CT molecular complexity index is 660. The van der Waals surface area contributed by atoms with Crippen molar-refractivity contribution in [2.24, 2.45) is 0 Å². The average Bonchev–Trinajstić information content (AvgIpc) is 2.38. The van der Waals surface area contributed by atoms with Gasteiger partial charge in [0, 0.05) is 0 Å². The van der Waals surface area contributed by atoms with Gasteiger partial charge in [-0.3, -0.25) is 0 Å². The van der Waals surface area contributed by atoms with E-state index in [-0.39, 0.29) is 5.41 Å². The highest BCUT2D eigenvalue weighted by Crippen LogP contribution is 2.29. The average molecular weight is 265 g/mol. The quantitative estimate of drug-likeness (QED) is 0.769. The van der Waals surface area contributed by atoms with Gasteiger partial charge in [0.05, 0.1) is 11.6 Å². The molecule has 2 aromatic rings. The van der Waals surface area contributed by atoms with Gasteiger partial charge in [0.15, 0.2) is 0 Å². The Morgan fingerprint density at radius 1 is 1.00 bits per heavy atom. The number of hydrogen-bond acceptors (Lipinski definition) is 2. The molecule has 0 amide bonds. The highest BCUT2D eigenvalue weighted by Gasteiger charge is 2.14. The summed E-state index contributed by atoms with van der Waals surface area (Å²) in [6.07, 6.45) is 0. The van der Waals surface area contributed by atoms with E-state index in [1.807, 2.05) is 31.2 Å². The van der Waals surface area contributed by atoms with Gasteiger partial charge in [-0.25, -0.2) is 0 Å². The minimum absolute atomic E-state index is 0.0972. The Balaban J connectivity index is 2.27. The van der Waals surface area contributed by atoms with Crippen molar-refractivity contribution in [1.29, 1.82) is 5.26 Å².